The number of halogens is 1. The SMILES string of the molecule is CCOc1cc(CNCCc2ccccc2OC)cc(Br)c1OCc1cccc(C)c1. The van der Waals surface area contributed by atoms with Crippen LogP contribution in [-0.4, -0.2) is 20.3 Å². The van der Waals surface area contributed by atoms with Gasteiger partial charge in [0.25, 0.3) is 0 Å². The van der Waals surface area contributed by atoms with E-state index >= 15 is 0 Å². The summed E-state index contributed by atoms with van der Waals surface area (Å²) in [6, 6.07) is 20.6. The zero-order chi connectivity index (χ0) is 22.1. The van der Waals surface area contributed by atoms with Gasteiger partial charge in [-0.05, 0) is 77.6 Å². The molecule has 0 unspecified atom stereocenters. The molecule has 3 aromatic rings. The molecule has 0 aromatic heterocycles. The van der Waals surface area contributed by atoms with Crippen molar-refractivity contribution in [2.75, 3.05) is 20.3 Å². The summed E-state index contributed by atoms with van der Waals surface area (Å²) < 4.78 is 18.3. The molecule has 0 aliphatic carbocycles. The second-order valence-electron chi connectivity index (χ2n) is 7.35. The van der Waals surface area contributed by atoms with Crippen molar-refractivity contribution in [3.63, 3.8) is 0 Å². The smallest absolute Gasteiger partial charge is 0.175 e. The number of hydrogen-bond donors (Lipinski definition) is 1. The summed E-state index contributed by atoms with van der Waals surface area (Å²) in [6.45, 7) is 6.74. The first-order valence-corrected chi connectivity index (χ1v) is 11.4. The van der Waals surface area contributed by atoms with Gasteiger partial charge in [-0.2, -0.15) is 0 Å². The normalized spacial score (nSPS) is 10.7. The molecule has 4 nitrogen and oxygen atoms in total. The molecule has 164 valence electrons. The van der Waals surface area contributed by atoms with Crippen molar-refractivity contribution in [1.82, 2.24) is 5.32 Å². The Hall–Kier alpha value is -2.50. The Bertz CT molecular complexity index is 990. The van der Waals surface area contributed by atoms with Crippen LogP contribution in [0.2, 0.25) is 0 Å². The van der Waals surface area contributed by atoms with Gasteiger partial charge in [0.05, 0.1) is 18.2 Å². The summed E-state index contributed by atoms with van der Waals surface area (Å²) in [7, 11) is 1.71. The van der Waals surface area contributed by atoms with E-state index in [0.717, 1.165) is 52.4 Å². The quantitative estimate of drug-likeness (QED) is 0.335. The summed E-state index contributed by atoms with van der Waals surface area (Å²) in [5.74, 6) is 2.42. The van der Waals surface area contributed by atoms with Gasteiger partial charge in [0.2, 0.25) is 0 Å². The summed E-state index contributed by atoms with van der Waals surface area (Å²) in [5, 5.41) is 3.51. The monoisotopic (exact) mass is 483 g/mol. The Balaban J connectivity index is 1.62. The lowest BCUT2D eigenvalue weighted by Gasteiger charge is -2.16. The van der Waals surface area contributed by atoms with Crippen LogP contribution in [0.25, 0.3) is 0 Å². The highest BCUT2D eigenvalue weighted by Crippen LogP contribution is 2.37. The number of aryl methyl sites for hydroxylation is 1. The number of benzene rings is 3. The van der Waals surface area contributed by atoms with Crippen LogP contribution in [0, 0.1) is 6.92 Å². The van der Waals surface area contributed by atoms with E-state index in [1.54, 1.807) is 7.11 Å². The van der Waals surface area contributed by atoms with Crippen molar-refractivity contribution in [3.05, 3.63) is 87.4 Å². The molecule has 3 aromatic carbocycles. The van der Waals surface area contributed by atoms with Crippen LogP contribution in [0.3, 0.4) is 0 Å². The van der Waals surface area contributed by atoms with Crippen LogP contribution >= 0.6 is 15.9 Å². The average Bonchev–Trinajstić information content (AvgIpc) is 2.76. The molecule has 0 aliphatic heterocycles. The molecule has 0 fully saturated rings. The lowest BCUT2D eigenvalue weighted by molar-refractivity contribution is 0.267. The first kappa shape index (κ1) is 23.2. The molecule has 1 N–H and O–H groups in total. The first-order chi connectivity index (χ1) is 15.1. The fourth-order valence-corrected chi connectivity index (χ4v) is 4.05. The van der Waals surface area contributed by atoms with Crippen molar-refractivity contribution >= 4 is 15.9 Å². The summed E-state index contributed by atoms with van der Waals surface area (Å²) >= 11 is 3.67. The second kappa shape index (κ2) is 11.8. The zero-order valence-electron chi connectivity index (χ0n) is 18.4. The van der Waals surface area contributed by atoms with Crippen molar-refractivity contribution in [1.29, 1.82) is 0 Å². The Morgan fingerprint density at radius 2 is 1.74 bits per heavy atom. The van der Waals surface area contributed by atoms with E-state index in [0.29, 0.717) is 13.2 Å². The largest absolute Gasteiger partial charge is 0.496 e. The molecule has 5 heteroatoms. The summed E-state index contributed by atoms with van der Waals surface area (Å²) in [6.07, 6.45) is 0.904. The van der Waals surface area contributed by atoms with Crippen molar-refractivity contribution in [2.45, 2.75) is 33.4 Å². The Kier molecular flexibility index (Phi) is 8.80. The van der Waals surface area contributed by atoms with Gasteiger partial charge in [0.15, 0.2) is 11.5 Å². The molecular formula is C26H30BrNO3. The van der Waals surface area contributed by atoms with Crippen molar-refractivity contribution in [3.8, 4) is 17.2 Å². The molecule has 0 heterocycles. The Morgan fingerprint density at radius 1 is 0.903 bits per heavy atom. The molecule has 0 radical (unpaired) electrons. The van der Waals surface area contributed by atoms with E-state index in [1.165, 1.54) is 11.1 Å². The number of para-hydroxylation sites is 1. The molecule has 31 heavy (non-hydrogen) atoms. The van der Waals surface area contributed by atoms with Crippen LogP contribution < -0.4 is 19.5 Å². The first-order valence-electron chi connectivity index (χ1n) is 10.6. The number of ether oxygens (including phenoxy) is 3. The number of rotatable bonds is 11. The topological polar surface area (TPSA) is 39.7 Å². The Morgan fingerprint density at radius 3 is 2.52 bits per heavy atom. The van der Waals surface area contributed by atoms with Gasteiger partial charge < -0.3 is 19.5 Å². The van der Waals surface area contributed by atoms with E-state index in [2.05, 4.69) is 64.6 Å². The van der Waals surface area contributed by atoms with Crippen molar-refractivity contribution in [2.24, 2.45) is 0 Å². The fourth-order valence-electron chi connectivity index (χ4n) is 3.45. The number of methoxy groups -OCH3 is 1. The van der Waals surface area contributed by atoms with E-state index in [4.69, 9.17) is 14.2 Å². The minimum Gasteiger partial charge on any atom is -0.496 e. The minimum absolute atomic E-state index is 0.497. The lowest BCUT2D eigenvalue weighted by atomic mass is 10.1. The van der Waals surface area contributed by atoms with Crippen molar-refractivity contribution < 1.29 is 14.2 Å². The predicted octanol–water partition coefficient (Wildman–Crippen LogP) is 6.08. The lowest BCUT2D eigenvalue weighted by Crippen LogP contribution is -2.17. The van der Waals surface area contributed by atoms with Gasteiger partial charge in [0.1, 0.15) is 12.4 Å². The summed E-state index contributed by atoms with van der Waals surface area (Å²) in [4.78, 5) is 0. The second-order valence-corrected chi connectivity index (χ2v) is 8.21. The van der Waals surface area contributed by atoms with E-state index in [-0.39, 0.29) is 0 Å². The van der Waals surface area contributed by atoms with Crippen LogP contribution in [0.4, 0.5) is 0 Å². The van der Waals surface area contributed by atoms with Gasteiger partial charge in [-0.25, -0.2) is 0 Å². The molecular weight excluding hydrogens is 454 g/mol. The van der Waals surface area contributed by atoms with Gasteiger partial charge in [-0.1, -0.05) is 48.0 Å². The molecule has 0 aliphatic rings. The van der Waals surface area contributed by atoms with Gasteiger partial charge in [0, 0.05) is 6.54 Å². The number of hydrogen-bond acceptors (Lipinski definition) is 4. The predicted molar refractivity (Wildman–Crippen MR) is 129 cm³/mol. The van der Waals surface area contributed by atoms with E-state index in [9.17, 15) is 0 Å². The highest BCUT2D eigenvalue weighted by Gasteiger charge is 2.13. The maximum absolute atomic E-state index is 6.12. The minimum atomic E-state index is 0.497. The molecule has 0 saturated heterocycles. The third kappa shape index (κ3) is 6.74. The van der Waals surface area contributed by atoms with Crippen LogP contribution in [0.5, 0.6) is 17.2 Å². The number of nitrogens with one attached hydrogen (secondary N) is 1. The Labute approximate surface area is 193 Å². The van der Waals surface area contributed by atoms with E-state index in [1.807, 2.05) is 31.2 Å². The summed E-state index contributed by atoms with van der Waals surface area (Å²) in [5.41, 5.74) is 4.70. The van der Waals surface area contributed by atoms with Crippen LogP contribution in [0.15, 0.2) is 65.1 Å². The molecule has 3 rings (SSSR count). The highest BCUT2D eigenvalue weighted by atomic mass is 79.9. The fraction of sp³-hybridized carbons (Fsp3) is 0.308. The maximum atomic E-state index is 6.12. The third-order valence-electron chi connectivity index (χ3n) is 4.93. The van der Waals surface area contributed by atoms with E-state index < -0.39 is 0 Å². The highest BCUT2D eigenvalue weighted by molar-refractivity contribution is 9.10. The van der Waals surface area contributed by atoms with Gasteiger partial charge in [-0.3, -0.25) is 0 Å². The molecule has 0 saturated carbocycles. The average molecular weight is 484 g/mol. The standard InChI is InChI=1S/C26H30BrNO3/c1-4-30-25-16-21(17-28-13-12-22-10-5-6-11-24(22)29-3)15-23(27)26(25)31-18-20-9-7-8-19(2)14-20/h5-11,14-16,28H,4,12-13,17-18H2,1-3H3. The molecule has 0 bridgehead atoms. The molecule has 0 spiro atoms. The molecule has 0 atom stereocenters. The molecule has 0 amide bonds. The zero-order valence-corrected chi connectivity index (χ0v) is 20.0. The van der Waals surface area contributed by atoms with Gasteiger partial charge in [-0.15, -0.1) is 0 Å². The van der Waals surface area contributed by atoms with Crippen LogP contribution in [0.1, 0.15) is 29.2 Å². The third-order valence-corrected chi connectivity index (χ3v) is 5.52. The van der Waals surface area contributed by atoms with Gasteiger partial charge >= 0.3 is 0 Å². The van der Waals surface area contributed by atoms with Crippen LogP contribution in [-0.2, 0) is 19.6 Å². The maximum Gasteiger partial charge on any atom is 0.175 e.